The van der Waals surface area contributed by atoms with Gasteiger partial charge in [-0.15, -0.1) is 0 Å². The zero-order chi connectivity index (χ0) is 11.8. The van der Waals surface area contributed by atoms with Gasteiger partial charge in [0.2, 0.25) is 0 Å². The molecule has 0 heterocycles. The van der Waals surface area contributed by atoms with Crippen LogP contribution in [-0.4, -0.2) is 12.4 Å². The van der Waals surface area contributed by atoms with E-state index in [-0.39, 0.29) is 0 Å². The maximum atomic E-state index is 9.09. The Bertz CT molecular complexity index is 379. The predicted molar refractivity (Wildman–Crippen MR) is 71.6 cm³/mol. The number of hydrogen-bond donors (Lipinski definition) is 0. The Morgan fingerprint density at radius 1 is 1.44 bits per heavy atom. The van der Waals surface area contributed by atoms with Crippen LogP contribution in [0.5, 0.6) is 0 Å². The summed E-state index contributed by atoms with van der Waals surface area (Å²) in [5.74, 6) is 0. The fourth-order valence-electron chi connectivity index (χ4n) is 1.36. The summed E-state index contributed by atoms with van der Waals surface area (Å²) in [7, 11) is 1.92. The summed E-state index contributed by atoms with van der Waals surface area (Å²) in [4.78, 5) is 1.91. The van der Waals surface area contributed by atoms with Gasteiger partial charge in [0.15, 0.2) is 0 Å². The van der Waals surface area contributed by atoms with Crippen molar-refractivity contribution in [2.75, 3.05) is 17.3 Å². The Kier molecular flexibility index (Phi) is 5.66. The van der Waals surface area contributed by atoms with Crippen molar-refractivity contribution in [1.29, 1.82) is 5.26 Å². The summed E-state index contributed by atoms with van der Waals surface area (Å²) < 4.78 is 0. The minimum Gasteiger partial charge on any atom is -0.336 e. The highest BCUT2D eigenvalue weighted by Crippen LogP contribution is 2.16. The number of anilines is 1. The van der Waals surface area contributed by atoms with E-state index in [2.05, 4.69) is 22.0 Å². The second-order valence-electron chi connectivity index (χ2n) is 3.43. The molecule has 0 amide bonds. The molecule has 0 unspecified atom stereocenters. The number of hydrogen-bond acceptors (Lipinski definition) is 2. The lowest BCUT2D eigenvalue weighted by atomic mass is 10.2. The van der Waals surface area contributed by atoms with E-state index in [1.807, 2.05) is 48.4 Å². The first kappa shape index (κ1) is 12.8. The third-order valence-corrected chi connectivity index (χ3v) is 2.86. The van der Waals surface area contributed by atoms with Crippen LogP contribution in [0, 0.1) is 11.3 Å². The van der Waals surface area contributed by atoms with Crippen LogP contribution >= 0.6 is 15.9 Å². The lowest BCUT2D eigenvalue weighted by molar-refractivity contribution is 0.961. The fraction of sp³-hybridized carbons (Fsp3) is 0.308. The Balaban J connectivity index is 2.75. The molecule has 1 aromatic rings. The van der Waals surface area contributed by atoms with E-state index in [0.29, 0.717) is 5.70 Å². The number of allylic oxidation sites excluding steroid dienone is 2. The maximum absolute atomic E-state index is 9.09. The van der Waals surface area contributed by atoms with Gasteiger partial charge in [-0.25, -0.2) is 0 Å². The molecule has 0 saturated heterocycles. The van der Waals surface area contributed by atoms with Crippen LogP contribution in [0.25, 0.3) is 0 Å². The summed E-state index contributed by atoms with van der Waals surface area (Å²) in [6.45, 7) is 0. The summed E-state index contributed by atoms with van der Waals surface area (Å²) in [5, 5.41) is 10.1. The summed E-state index contributed by atoms with van der Waals surface area (Å²) in [6, 6.07) is 12.1. The van der Waals surface area contributed by atoms with Gasteiger partial charge in [-0.2, -0.15) is 5.26 Å². The van der Waals surface area contributed by atoms with Crippen molar-refractivity contribution in [1.82, 2.24) is 0 Å². The Labute approximate surface area is 105 Å². The van der Waals surface area contributed by atoms with Crippen molar-refractivity contribution in [2.45, 2.75) is 12.8 Å². The van der Waals surface area contributed by atoms with E-state index in [0.717, 1.165) is 23.9 Å². The molecule has 3 heteroatoms. The molecule has 0 saturated carbocycles. The van der Waals surface area contributed by atoms with E-state index in [1.54, 1.807) is 0 Å². The molecule has 1 aromatic carbocycles. The van der Waals surface area contributed by atoms with Gasteiger partial charge in [0, 0.05) is 18.1 Å². The van der Waals surface area contributed by atoms with Crippen molar-refractivity contribution in [2.24, 2.45) is 0 Å². The predicted octanol–water partition coefficient (Wildman–Crippen LogP) is 3.71. The molecule has 0 aliphatic heterocycles. The van der Waals surface area contributed by atoms with Crippen LogP contribution in [0.3, 0.4) is 0 Å². The first-order valence-electron chi connectivity index (χ1n) is 5.24. The Morgan fingerprint density at radius 2 is 2.12 bits per heavy atom. The van der Waals surface area contributed by atoms with Crippen molar-refractivity contribution >= 4 is 21.6 Å². The highest BCUT2D eigenvalue weighted by atomic mass is 79.9. The zero-order valence-electron chi connectivity index (χ0n) is 9.36. The van der Waals surface area contributed by atoms with Crippen LogP contribution < -0.4 is 4.90 Å². The van der Waals surface area contributed by atoms with Gasteiger partial charge in [0.25, 0.3) is 0 Å². The highest BCUT2D eigenvalue weighted by Gasteiger charge is 2.04. The largest absolute Gasteiger partial charge is 0.336 e. The van der Waals surface area contributed by atoms with Gasteiger partial charge in [0.05, 0.1) is 0 Å². The molecule has 0 aliphatic carbocycles. The molecule has 0 bridgehead atoms. The molecule has 0 aromatic heterocycles. The molecule has 0 atom stereocenters. The van der Waals surface area contributed by atoms with Crippen LogP contribution in [0.1, 0.15) is 12.8 Å². The smallest absolute Gasteiger partial charge is 0.117 e. The minimum atomic E-state index is 0.701. The summed E-state index contributed by atoms with van der Waals surface area (Å²) >= 11 is 3.38. The van der Waals surface area contributed by atoms with E-state index < -0.39 is 0 Å². The second-order valence-corrected chi connectivity index (χ2v) is 4.22. The van der Waals surface area contributed by atoms with Gasteiger partial charge in [-0.3, -0.25) is 0 Å². The van der Waals surface area contributed by atoms with E-state index in [4.69, 9.17) is 5.26 Å². The van der Waals surface area contributed by atoms with E-state index >= 15 is 0 Å². The number of nitrogens with zero attached hydrogens (tertiary/aromatic N) is 2. The molecule has 1 rings (SSSR count). The van der Waals surface area contributed by atoms with Gasteiger partial charge < -0.3 is 4.90 Å². The zero-order valence-corrected chi connectivity index (χ0v) is 10.9. The number of rotatable bonds is 5. The fourth-order valence-corrected chi connectivity index (χ4v) is 1.69. The van der Waals surface area contributed by atoms with Crippen molar-refractivity contribution in [3.8, 4) is 6.07 Å². The third kappa shape index (κ3) is 3.71. The van der Waals surface area contributed by atoms with Crippen LogP contribution in [0.4, 0.5) is 5.69 Å². The highest BCUT2D eigenvalue weighted by molar-refractivity contribution is 9.09. The van der Waals surface area contributed by atoms with Gasteiger partial charge in [0.1, 0.15) is 11.8 Å². The number of para-hydroxylation sites is 1. The molecule has 0 N–H and O–H groups in total. The molecule has 0 radical (unpaired) electrons. The molecular weight excluding hydrogens is 264 g/mol. The number of halogens is 1. The standard InChI is InChI=1S/C13H15BrN2/c1-16(12-7-3-2-4-8-12)13(11-15)9-5-6-10-14/h2-4,7-9H,5-6,10H2,1H3/b13-9+. The first-order chi connectivity index (χ1) is 7.79. The van der Waals surface area contributed by atoms with E-state index in [1.165, 1.54) is 0 Å². The lowest BCUT2D eigenvalue weighted by Gasteiger charge is -2.17. The lowest BCUT2D eigenvalue weighted by Crippen LogP contribution is -2.15. The summed E-state index contributed by atoms with van der Waals surface area (Å²) in [5.41, 5.74) is 1.74. The number of nitriles is 1. The molecule has 0 fully saturated rings. The monoisotopic (exact) mass is 278 g/mol. The topological polar surface area (TPSA) is 27.0 Å². The molecule has 16 heavy (non-hydrogen) atoms. The van der Waals surface area contributed by atoms with Crippen molar-refractivity contribution < 1.29 is 0 Å². The van der Waals surface area contributed by atoms with Crippen LogP contribution in [0.2, 0.25) is 0 Å². The average molecular weight is 279 g/mol. The first-order valence-corrected chi connectivity index (χ1v) is 6.36. The molecular formula is C13H15BrN2. The van der Waals surface area contributed by atoms with Crippen LogP contribution in [0.15, 0.2) is 42.1 Å². The van der Waals surface area contributed by atoms with Crippen LogP contribution in [-0.2, 0) is 0 Å². The third-order valence-electron chi connectivity index (χ3n) is 2.29. The molecule has 0 aliphatic rings. The number of benzene rings is 1. The Hall–Kier alpha value is -1.27. The quantitative estimate of drug-likeness (QED) is 0.467. The normalized spacial score (nSPS) is 10.9. The number of alkyl halides is 1. The van der Waals surface area contributed by atoms with E-state index in [9.17, 15) is 0 Å². The average Bonchev–Trinajstić information content (AvgIpc) is 2.35. The van der Waals surface area contributed by atoms with Gasteiger partial charge in [-0.05, 0) is 31.1 Å². The number of unbranched alkanes of at least 4 members (excludes halogenated alkanes) is 1. The SMILES string of the molecule is CN(/C(C#N)=C/CCCBr)c1ccccc1. The van der Waals surface area contributed by atoms with Crippen molar-refractivity contribution in [3.63, 3.8) is 0 Å². The molecule has 2 nitrogen and oxygen atoms in total. The molecule has 0 spiro atoms. The van der Waals surface area contributed by atoms with Gasteiger partial charge in [-0.1, -0.05) is 34.1 Å². The maximum Gasteiger partial charge on any atom is 0.117 e. The Morgan fingerprint density at radius 3 is 2.69 bits per heavy atom. The second kappa shape index (κ2) is 7.08. The van der Waals surface area contributed by atoms with Crippen molar-refractivity contribution in [3.05, 3.63) is 42.1 Å². The van der Waals surface area contributed by atoms with Gasteiger partial charge >= 0.3 is 0 Å². The minimum absolute atomic E-state index is 0.701. The molecule has 84 valence electrons. The summed E-state index contributed by atoms with van der Waals surface area (Å²) in [6.07, 6.45) is 3.95.